The molecule has 12 nitrogen and oxygen atoms in total. The van der Waals surface area contributed by atoms with E-state index in [0.717, 1.165) is 32.2 Å². The number of aromatic nitrogens is 3. The molecule has 4 saturated heterocycles. The van der Waals surface area contributed by atoms with Gasteiger partial charge in [-0.15, -0.1) is 5.54 Å². The summed E-state index contributed by atoms with van der Waals surface area (Å²) < 4.78 is 60.7. The topological polar surface area (TPSA) is 112 Å². The maximum Gasteiger partial charge on any atom is 0.410 e. The molecule has 3 aromatic rings. The summed E-state index contributed by atoms with van der Waals surface area (Å²) in [6.45, 7) is 21.4. The van der Waals surface area contributed by atoms with Gasteiger partial charge in [0.05, 0.1) is 23.2 Å². The van der Waals surface area contributed by atoms with Gasteiger partial charge in [-0.3, -0.25) is 9.80 Å². The van der Waals surface area contributed by atoms with E-state index in [1.165, 1.54) is 6.07 Å². The zero-order valence-electron chi connectivity index (χ0n) is 37.6. The van der Waals surface area contributed by atoms with Gasteiger partial charge in [0.1, 0.15) is 50.4 Å². The fraction of sp³-hybridized carbons (Fsp3) is 0.652. The lowest BCUT2D eigenvalue weighted by Gasteiger charge is -2.41. The number of benzene rings is 2. The number of methoxy groups -OCH3 is 1. The molecule has 2 aromatic carbocycles. The van der Waals surface area contributed by atoms with Gasteiger partial charge in [-0.1, -0.05) is 53.5 Å². The molecule has 4 atom stereocenters. The van der Waals surface area contributed by atoms with Gasteiger partial charge in [-0.05, 0) is 87.1 Å². The Kier molecular flexibility index (Phi) is 13.1. The highest BCUT2D eigenvalue weighted by atomic mass is 28.3. The summed E-state index contributed by atoms with van der Waals surface area (Å²) in [5, 5.41) is 1.22. The zero-order chi connectivity index (χ0) is 43.9. The van der Waals surface area contributed by atoms with Gasteiger partial charge in [0.2, 0.25) is 5.95 Å². The lowest BCUT2D eigenvalue weighted by molar-refractivity contribution is 0.0122. The minimum atomic E-state index is -2.23. The molecule has 1 amide bonds. The van der Waals surface area contributed by atoms with Crippen molar-refractivity contribution in [2.45, 2.75) is 147 Å². The summed E-state index contributed by atoms with van der Waals surface area (Å²) in [5.74, 6) is 4.45. The first kappa shape index (κ1) is 44.8. The number of nitrogens with zero attached hydrogens (tertiary/aromatic N) is 6. The van der Waals surface area contributed by atoms with Crippen LogP contribution < -0.4 is 19.1 Å². The normalized spacial score (nSPS) is 22.9. The second-order valence-electron chi connectivity index (χ2n) is 19.3. The fourth-order valence-electron chi connectivity index (χ4n) is 10.6. The van der Waals surface area contributed by atoms with E-state index in [2.05, 4.69) is 62.8 Å². The number of carbonyl (C=O) groups excluding carboxylic acids is 1. The van der Waals surface area contributed by atoms with Gasteiger partial charge in [0.25, 0.3) is 0 Å². The molecule has 15 heteroatoms. The van der Waals surface area contributed by atoms with E-state index in [4.69, 9.17) is 38.6 Å². The largest absolute Gasteiger partial charge is 0.485 e. The first-order valence-corrected chi connectivity index (χ1v) is 24.2. The predicted octanol–water partition coefficient (Wildman–Crippen LogP) is 8.84. The standard InChI is InChI=1S/C46H64F2N6O6Si/c1-29(2)61(30(3)4,31(5)6)19-16-37-38(48)15-12-32-20-36(59-28-56-10)21-39(41(32)37)57-26-40-49-42(51-43(50-40)58-27-46-17-11-18-53(46)23-33(47)22-46)52-24-34-13-14-35(25-52)54(34)44(55)60-45(7,8)9/h12,15,20-21,29-31,33-35H,11,13-14,17-18,22-28H2,1-10H3/t33-,34-,35+,46+/m1/s1. The summed E-state index contributed by atoms with van der Waals surface area (Å²) in [6.07, 6.45) is 2.66. The van der Waals surface area contributed by atoms with Gasteiger partial charge in [0.15, 0.2) is 12.6 Å². The van der Waals surface area contributed by atoms with E-state index in [0.29, 0.717) is 76.7 Å². The molecule has 0 N–H and O–H groups in total. The molecular formula is C46H64F2N6O6Si. The highest BCUT2D eigenvalue weighted by Gasteiger charge is 2.50. The summed E-state index contributed by atoms with van der Waals surface area (Å²) >= 11 is 0. The van der Waals surface area contributed by atoms with E-state index < -0.39 is 31.2 Å². The van der Waals surface area contributed by atoms with Crippen LogP contribution in [0, 0.1) is 17.3 Å². The average Bonchev–Trinajstić information content (AvgIpc) is 3.81. The van der Waals surface area contributed by atoms with Crippen molar-refractivity contribution in [3.63, 3.8) is 0 Å². The Bertz CT molecular complexity index is 2110. The van der Waals surface area contributed by atoms with E-state index in [9.17, 15) is 9.18 Å². The van der Waals surface area contributed by atoms with Gasteiger partial charge in [-0.25, -0.2) is 13.6 Å². The van der Waals surface area contributed by atoms with Crippen molar-refractivity contribution >= 4 is 30.9 Å². The van der Waals surface area contributed by atoms with Crippen LogP contribution in [-0.4, -0.2) is 115 Å². The number of carbonyl (C=O) groups is 1. The smallest absolute Gasteiger partial charge is 0.410 e. The Balaban J connectivity index is 1.25. The van der Waals surface area contributed by atoms with E-state index in [1.807, 2.05) is 31.7 Å². The molecule has 4 aliphatic rings. The fourth-order valence-corrected chi connectivity index (χ4v) is 15.8. The number of hydrogen-bond acceptors (Lipinski definition) is 11. The van der Waals surface area contributed by atoms with Crippen LogP contribution in [0.4, 0.5) is 19.5 Å². The van der Waals surface area contributed by atoms with Crippen molar-refractivity contribution < 1.29 is 37.3 Å². The van der Waals surface area contributed by atoms with Gasteiger partial charge >= 0.3 is 12.1 Å². The average molecular weight is 863 g/mol. The number of piperazine rings is 1. The number of ether oxygens (including phenoxy) is 5. The van der Waals surface area contributed by atoms with Crippen LogP contribution in [-0.2, 0) is 16.1 Å². The minimum Gasteiger partial charge on any atom is -0.485 e. The molecule has 61 heavy (non-hydrogen) atoms. The van der Waals surface area contributed by atoms with Crippen molar-refractivity contribution in [1.82, 2.24) is 24.8 Å². The lowest BCUT2D eigenvalue weighted by Crippen LogP contribution is -2.57. The molecule has 2 bridgehead atoms. The second kappa shape index (κ2) is 17.8. The first-order chi connectivity index (χ1) is 28.9. The quantitative estimate of drug-likeness (QED) is 0.0934. The molecule has 0 saturated carbocycles. The highest BCUT2D eigenvalue weighted by Crippen LogP contribution is 2.43. The van der Waals surface area contributed by atoms with Crippen LogP contribution >= 0.6 is 0 Å². The molecule has 5 heterocycles. The van der Waals surface area contributed by atoms with Crippen LogP contribution in [0.1, 0.15) is 106 Å². The molecule has 332 valence electrons. The maximum atomic E-state index is 16.1. The molecular weight excluding hydrogens is 799 g/mol. The Morgan fingerprint density at radius 2 is 1.67 bits per heavy atom. The van der Waals surface area contributed by atoms with E-state index in [-0.39, 0.29) is 49.8 Å². The Morgan fingerprint density at radius 1 is 0.967 bits per heavy atom. The van der Waals surface area contributed by atoms with Crippen molar-refractivity contribution in [2.24, 2.45) is 0 Å². The van der Waals surface area contributed by atoms with Crippen LogP contribution in [0.5, 0.6) is 17.5 Å². The number of rotatable bonds is 13. The van der Waals surface area contributed by atoms with Crippen molar-refractivity contribution in [1.29, 1.82) is 0 Å². The third kappa shape index (κ3) is 9.27. The molecule has 7 rings (SSSR count). The summed E-state index contributed by atoms with van der Waals surface area (Å²) in [6, 6.07) is 6.65. The Hall–Kier alpha value is -4.26. The maximum absolute atomic E-state index is 16.1. The molecule has 0 unspecified atom stereocenters. The number of amides is 1. The van der Waals surface area contributed by atoms with Crippen molar-refractivity contribution in [3.8, 4) is 29.0 Å². The van der Waals surface area contributed by atoms with Crippen LogP contribution in [0.25, 0.3) is 10.8 Å². The van der Waals surface area contributed by atoms with Crippen molar-refractivity contribution in [2.75, 3.05) is 51.6 Å². The predicted molar refractivity (Wildman–Crippen MR) is 234 cm³/mol. The number of hydrogen-bond donors (Lipinski definition) is 0. The molecule has 4 aliphatic heterocycles. The summed E-state index contributed by atoms with van der Waals surface area (Å²) in [5.41, 5.74) is 4.02. The monoisotopic (exact) mass is 862 g/mol. The SMILES string of the molecule is COCOc1cc(OCc2nc(OC[C@@]34CCCN3C[C@H](F)C4)nc(N3C[C@H]4CC[C@@H](C3)N4C(=O)OC(C)(C)C)n2)c2c(C#C[Si](C(C)C)(C(C)C)C(C)C)c(F)ccc2c1. The Morgan fingerprint density at radius 3 is 2.33 bits per heavy atom. The second-order valence-corrected chi connectivity index (χ2v) is 24.9. The molecule has 1 aromatic heterocycles. The molecule has 4 fully saturated rings. The van der Waals surface area contributed by atoms with Gasteiger partial charge in [0, 0.05) is 44.6 Å². The Labute approximate surface area is 361 Å². The molecule has 0 aliphatic carbocycles. The minimum absolute atomic E-state index is 0.00681. The molecule has 0 spiro atoms. The number of anilines is 1. The lowest BCUT2D eigenvalue weighted by atomic mass is 9.95. The van der Waals surface area contributed by atoms with Gasteiger partial charge < -0.3 is 28.6 Å². The first-order valence-electron chi connectivity index (χ1n) is 22.0. The third-order valence-corrected chi connectivity index (χ3v) is 19.5. The third-order valence-electron chi connectivity index (χ3n) is 13.2. The van der Waals surface area contributed by atoms with Crippen LogP contribution in [0.2, 0.25) is 16.6 Å². The van der Waals surface area contributed by atoms with E-state index >= 15 is 4.39 Å². The number of halogens is 2. The highest BCUT2D eigenvalue weighted by molar-refractivity contribution is 6.90. The van der Waals surface area contributed by atoms with E-state index in [1.54, 1.807) is 19.2 Å². The summed E-state index contributed by atoms with van der Waals surface area (Å²) in [4.78, 5) is 33.9. The van der Waals surface area contributed by atoms with Gasteiger partial charge in [-0.2, -0.15) is 15.0 Å². The van der Waals surface area contributed by atoms with Crippen LogP contribution in [0.3, 0.4) is 0 Å². The number of alkyl halides is 1. The zero-order valence-corrected chi connectivity index (χ0v) is 38.6. The molecule has 0 radical (unpaired) electrons. The van der Waals surface area contributed by atoms with Crippen molar-refractivity contribution in [3.05, 3.63) is 41.5 Å². The summed E-state index contributed by atoms with van der Waals surface area (Å²) in [7, 11) is -0.687. The van der Waals surface area contributed by atoms with Crippen LogP contribution in [0.15, 0.2) is 24.3 Å². The number of fused-ring (bicyclic) bond motifs is 4.